The van der Waals surface area contributed by atoms with Crippen LogP contribution in [-0.2, 0) is 9.59 Å². The molecule has 1 saturated carbocycles. The van der Waals surface area contributed by atoms with Crippen molar-refractivity contribution >= 4 is 39.9 Å². The average molecular weight is 454 g/mol. The van der Waals surface area contributed by atoms with E-state index in [0.29, 0.717) is 34.8 Å². The summed E-state index contributed by atoms with van der Waals surface area (Å²) in [7, 11) is 0. The number of nitrogens with zero attached hydrogens (tertiary/aromatic N) is 4. The Hall–Kier alpha value is -2.81. The van der Waals surface area contributed by atoms with Gasteiger partial charge < -0.3 is 4.90 Å². The molecule has 5 rings (SSSR count). The minimum absolute atomic E-state index is 0.151. The van der Waals surface area contributed by atoms with E-state index in [-0.39, 0.29) is 24.7 Å². The van der Waals surface area contributed by atoms with Gasteiger partial charge in [0.1, 0.15) is 5.01 Å². The molecule has 8 nitrogen and oxygen atoms in total. The Kier molecular flexibility index (Phi) is 5.23. The van der Waals surface area contributed by atoms with E-state index in [4.69, 9.17) is 0 Å². The number of carbonyl (C=O) groups excluding carboxylic acids is 3. The Morgan fingerprint density at radius 1 is 1.25 bits per heavy atom. The molecule has 1 aliphatic carbocycles. The molecule has 3 aliphatic rings. The number of carbonyl (C=O) groups is 3. The summed E-state index contributed by atoms with van der Waals surface area (Å²) in [5.74, 6) is 0.00786. The molecular weight excluding hydrogens is 426 g/mol. The second-order valence-electron chi connectivity index (χ2n) is 9.23. The fraction of sp³-hybridized carbons (Fsp3) is 0.522. The lowest BCUT2D eigenvalue weighted by atomic mass is 9.86. The van der Waals surface area contributed by atoms with Gasteiger partial charge in [0.05, 0.1) is 11.3 Å². The van der Waals surface area contributed by atoms with Crippen molar-refractivity contribution in [1.82, 2.24) is 15.1 Å². The highest BCUT2D eigenvalue weighted by Crippen LogP contribution is 2.45. The zero-order valence-electron chi connectivity index (χ0n) is 18.3. The van der Waals surface area contributed by atoms with Crippen molar-refractivity contribution in [3.63, 3.8) is 0 Å². The van der Waals surface area contributed by atoms with Gasteiger partial charge in [-0.1, -0.05) is 43.7 Å². The van der Waals surface area contributed by atoms with Crippen LogP contribution in [0.15, 0.2) is 24.3 Å². The molecule has 1 N–H and O–H groups in total. The van der Waals surface area contributed by atoms with Crippen molar-refractivity contribution < 1.29 is 14.4 Å². The summed E-state index contributed by atoms with van der Waals surface area (Å²) in [5, 5.41) is 12.7. The number of benzene rings is 1. The Labute approximate surface area is 191 Å². The summed E-state index contributed by atoms with van der Waals surface area (Å²) in [4.78, 5) is 43.6. The molecule has 1 aromatic carbocycles. The lowest BCUT2D eigenvalue weighted by Gasteiger charge is -2.49. The van der Waals surface area contributed by atoms with Crippen LogP contribution in [0.3, 0.4) is 0 Å². The lowest BCUT2D eigenvalue weighted by Crippen LogP contribution is -2.69. The molecule has 2 fully saturated rings. The van der Waals surface area contributed by atoms with E-state index in [1.807, 2.05) is 0 Å². The lowest BCUT2D eigenvalue weighted by molar-refractivity contribution is -0.129. The first-order chi connectivity index (χ1) is 15.4. The van der Waals surface area contributed by atoms with Gasteiger partial charge in [0.15, 0.2) is 0 Å². The van der Waals surface area contributed by atoms with Crippen molar-refractivity contribution in [3.8, 4) is 0 Å². The molecule has 0 spiro atoms. The van der Waals surface area contributed by atoms with Gasteiger partial charge in [-0.05, 0) is 37.3 Å². The molecule has 32 heavy (non-hydrogen) atoms. The molecule has 168 valence electrons. The average Bonchev–Trinajstić information content (AvgIpc) is 3.31. The van der Waals surface area contributed by atoms with E-state index in [1.54, 1.807) is 29.2 Å². The highest BCUT2D eigenvalue weighted by molar-refractivity contribution is 7.15. The van der Waals surface area contributed by atoms with E-state index in [9.17, 15) is 14.4 Å². The van der Waals surface area contributed by atoms with Gasteiger partial charge in [-0.25, -0.2) is 0 Å². The SMILES string of the molecule is CC(C)CCN1C(=O)c2ccccc2N2C(=O)CCC12C(=O)Nc1nnc(C2CCC2)s1. The van der Waals surface area contributed by atoms with Crippen LogP contribution in [0, 0.1) is 5.92 Å². The van der Waals surface area contributed by atoms with E-state index in [2.05, 4.69) is 29.4 Å². The maximum absolute atomic E-state index is 13.8. The number of para-hydroxylation sites is 1. The van der Waals surface area contributed by atoms with Crippen molar-refractivity contribution in [3.05, 3.63) is 34.8 Å². The Morgan fingerprint density at radius 2 is 2.03 bits per heavy atom. The minimum Gasteiger partial charge on any atom is -0.307 e. The third kappa shape index (κ3) is 3.21. The highest BCUT2D eigenvalue weighted by atomic mass is 32.1. The second kappa shape index (κ2) is 7.95. The van der Waals surface area contributed by atoms with Gasteiger partial charge in [0.25, 0.3) is 11.8 Å². The Bertz CT molecular complexity index is 1080. The quantitative estimate of drug-likeness (QED) is 0.718. The minimum atomic E-state index is -1.39. The summed E-state index contributed by atoms with van der Waals surface area (Å²) >= 11 is 1.39. The first-order valence-electron chi connectivity index (χ1n) is 11.3. The number of aromatic nitrogens is 2. The highest BCUT2D eigenvalue weighted by Gasteiger charge is 2.60. The Balaban J connectivity index is 1.53. The van der Waals surface area contributed by atoms with Gasteiger partial charge in [-0.3, -0.25) is 24.6 Å². The fourth-order valence-electron chi connectivity index (χ4n) is 4.78. The number of hydrogen-bond acceptors (Lipinski definition) is 6. The predicted molar refractivity (Wildman–Crippen MR) is 122 cm³/mol. The summed E-state index contributed by atoms with van der Waals surface area (Å²) in [6, 6.07) is 7.05. The molecule has 3 heterocycles. The molecule has 0 bridgehead atoms. The van der Waals surface area contributed by atoms with E-state index in [0.717, 1.165) is 24.3 Å². The summed E-state index contributed by atoms with van der Waals surface area (Å²) in [6.07, 6.45) is 4.58. The van der Waals surface area contributed by atoms with Gasteiger partial charge in [0, 0.05) is 25.3 Å². The van der Waals surface area contributed by atoms with Gasteiger partial charge in [0.2, 0.25) is 16.7 Å². The van der Waals surface area contributed by atoms with Crippen LogP contribution in [0.4, 0.5) is 10.8 Å². The third-order valence-corrected chi connectivity index (χ3v) is 7.78. The first-order valence-corrected chi connectivity index (χ1v) is 12.1. The Morgan fingerprint density at radius 3 is 2.75 bits per heavy atom. The maximum atomic E-state index is 13.8. The number of nitrogens with one attached hydrogen (secondary N) is 1. The van der Waals surface area contributed by atoms with Gasteiger partial charge in [-0.2, -0.15) is 0 Å². The molecule has 1 atom stereocenters. The molecule has 1 unspecified atom stereocenters. The second-order valence-corrected chi connectivity index (χ2v) is 10.2. The molecule has 1 saturated heterocycles. The van der Waals surface area contributed by atoms with E-state index in [1.165, 1.54) is 22.7 Å². The molecule has 1 aromatic heterocycles. The van der Waals surface area contributed by atoms with Gasteiger partial charge in [-0.15, -0.1) is 10.2 Å². The zero-order valence-corrected chi connectivity index (χ0v) is 19.2. The van der Waals surface area contributed by atoms with Crippen molar-refractivity contribution in [2.45, 2.75) is 64.0 Å². The zero-order chi connectivity index (χ0) is 22.5. The number of amides is 3. The van der Waals surface area contributed by atoms with Crippen molar-refractivity contribution in [2.75, 3.05) is 16.8 Å². The molecular formula is C23H27N5O3S. The van der Waals surface area contributed by atoms with E-state index < -0.39 is 11.6 Å². The largest absolute Gasteiger partial charge is 0.307 e. The number of fused-ring (bicyclic) bond motifs is 3. The standard InChI is InChI=1S/C23H27N5O3S/c1-14(2)11-13-27-20(30)16-8-3-4-9-17(16)28-18(29)10-12-23(27,28)21(31)24-22-26-25-19(32-22)15-6-5-7-15/h3-4,8-9,14-15H,5-7,10-13H2,1-2H3,(H,24,26,31). The van der Waals surface area contributed by atoms with Crippen LogP contribution in [0.25, 0.3) is 0 Å². The smallest absolute Gasteiger partial charge is 0.273 e. The van der Waals surface area contributed by atoms with Gasteiger partial charge >= 0.3 is 0 Å². The molecule has 3 amide bonds. The van der Waals surface area contributed by atoms with Crippen molar-refractivity contribution in [2.24, 2.45) is 5.92 Å². The predicted octanol–water partition coefficient (Wildman–Crippen LogP) is 3.77. The molecule has 2 aliphatic heterocycles. The maximum Gasteiger partial charge on any atom is 0.273 e. The molecule has 2 aromatic rings. The number of anilines is 2. The summed E-state index contributed by atoms with van der Waals surface area (Å²) < 4.78 is 0. The first kappa shape index (κ1) is 21.1. The third-order valence-electron chi connectivity index (χ3n) is 6.78. The molecule has 9 heteroatoms. The van der Waals surface area contributed by atoms with Crippen LogP contribution < -0.4 is 10.2 Å². The number of hydrogen-bond donors (Lipinski definition) is 1. The van der Waals surface area contributed by atoms with Crippen molar-refractivity contribution in [1.29, 1.82) is 0 Å². The summed E-state index contributed by atoms with van der Waals surface area (Å²) in [6.45, 7) is 4.55. The molecule has 0 radical (unpaired) electrons. The van der Waals surface area contributed by atoms with Crippen LogP contribution in [0.5, 0.6) is 0 Å². The number of rotatable bonds is 6. The topological polar surface area (TPSA) is 95.5 Å². The fourth-order valence-corrected chi connectivity index (χ4v) is 5.68. The monoisotopic (exact) mass is 453 g/mol. The normalized spacial score (nSPS) is 22.7. The van der Waals surface area contributed by atoms with Crippen LogP contribution in [0.2, 0.25) is 0 Å². The van der Waals surface area contributed by atoms with Crippen LogP contribution >= 0.6 is 11.3 Å². The van der Waals surface area contributed by atoms with Crippen LogP contribution in [-0.4, -0.2) is 45.0 Å². The summed E-state index contributed by atoms with van der Waals surface area (Å²) in [5.41, 5.74) is -0.429. The van der Waals surface area contributed by atoms with Crippen LogP contribution in [0.1, 0.15) is 73.7 Å². The van der Waals surface area contributed by atoms with E-state index >= 15 is 0 Å².